The number of carbonyl (C=O) groups excluding carboxylic acids is 2. The fourth-order valence-corrected chi connectivity index (χ4v) is 6.24. The second-order valence-corrected chi connectivity index (χ2v) is 11.7. The Morgan fingerprint density at radius 1 is 0.727 bits per heavy atom. The van der Waals surface area contributed by atoms with Gasteiger partial charge in [0, 0.05) is 44.2 Å². The molecule has 0 bridgehead atoms. The zero-order chi connectivity index (χ0) is 30.8. The van der Waals surface area contributed by atoms with Crippen molar-refractivity contribution in [3.8, 4) is 11.4 Å². The third-order valence-corrected chi connectivity index (χ3v) is 8.20. The van der Waals surface area contributed by atoms with Gasteiger partial charge in [-0.25, -0.2) is 9.78 Å². The minimum atomic E-state index is -1.00. The first-order valence-electron chi connectivity index (χ1n) is 14.3. The van der Waals surface area contributed by atoms with Gasteiger partial charge in [-0.1, -0.05) is 60.7 Å². The van der Waals surface area contributed by atoms with Gasteiger partial charge in [-0.05, 0) is 79.6 Å². The summed E-state index contributed by atoms with van der Waals surface area (Å²) in [5.41, 5.74) is 4.16. The highest BCUT2D eigenvalue weighted by Crippen LogP contribution is 2.36. The Kier molecular flexibility index (Phi) is 8.37. The van der Waals surface area contributed by atoms with Crippen LogP contribution < -0.4 is 10.6 Å². The number of anilines is 2. The first-order valence-corrected chi connectivity index (χ1v) is 15.1. The Morgan fingerprint density at radius 2 is 1.39 bits per heavy atom. The number of carboxylic acids is 1. The summed E-state index contributed by atoms with van der Waals surface area (Å²) in [4.78, 5) is 42.6. The number of nitrogens with one attached hydrogen (secondary N) is 2. The highest BCUT2D eigenvalue weighted by Gasteiger charge is 2.23. The molecule has 1 aliphatic carbocycles. The first kappa shape index (κ1) is 29.4. The Balaban J connectivity index is 1.26. The maximum absolute atomic E-state index is 13.4. The van der Waals surface area contributed by atoms with Gasteiger partial charge in [0.05, 0.1) is 16.6 Å². The first-order chi connectivity index (χ1) is 21.2. The van der Waals surface area contributed by atoms with Crippen LogP contribution in [0.3, 0.4) is 0 Å². The van der Waals surface area contributed by atoms with Gasteiger partial charge in [-0.15, -0.1) is 0 Å². The number of imidazole rings is 1. The van der Waals surface area contributed by atoms with Gasteiger partial charge in [0.2, 0.25) is 0 Å². The standard InChI is InChI=1S/C34H28Cl2N4O4/c35-24-15-23(16-25(36)18-24)33(42)38-27-9-5-8-26(19-27)37-32(41)21-7-4-6-20(14-21)31-39-29-17-22(34(43)44)12-13-30(29)40(31)28-10-2-1-3-11-28/h4-9,12-19,28H,1-3,10-11H2,(H,37,41)(H,38,42)(H,43,44). The highest BCUT2D eigenvalue weighted by molar-refractivity contribution is 6.35. The lowest BCUT2D eigenvalue weighted by atomic mass is 9.94. The number of aromatic nitrogens is 2. The van der Waals surface area contributed by atoms with E-state index in [0.717, 1.165) is 36.8 Å². The average Bonchev–Trinajstić information content (AvgIpc) is 3.40. The lowest BCUT2D eigenvalue weighted by molar-refractivity contribution is 0.0696. The number of nitrogens with zero attached hydrogens (tertiary/aromatic N) is 2. The number of benzene rings is 4. The summed E-state index contributed by atoms with van der Waals surface area (Å²) in [6.07, 6.45) is 5.45. The molecule has 3 N–H and O–H groups in total. The van der Waals surface area contributed by atoms with Gasteiger partial charge in [0.1, 0.15) is 5.82 Å². The van der Waals surface area contributed by atoms with E-state index in [4.69, 9.17) is 28.2 Å². The van der Waals surface area contributed by atoms with Crippen molar-refractivity contribution in [1.82, 2.24) is 9.55 Å². The maximum Gasteiger partial charge on any atom is 0.335 e. The second-order valence-electron chi connectivity index (χ2n) is 10.8. The van der Waals surface area contributed by atoms with Gasteiger partial charge in [0.15, 0.2) is 0 Å². The molecule has 10 heteroatoms. The van der Waals surface area contributed by atoms with E-state index in [1.807, 2.05) is 18.2 Å². The van der Waals surface area contributed by atoms with Crippen LogP contribution in [0, 0.1) is 0 Å². The summed E-state index contributed by atoms with van der Waals surface area (Å²) in [5, 5.41) is 15.9. The third-order valence-electron chi connectivity index (χ3n) is 7.76. The van der Waals surface area contributed by atoms with Crippen LogP contribution in [0.4, 0.5) is 11.4 Å². The molecule has 6 rings (SSSR count). The zero-order valence-electron chi connectivity index (χ0n) is 23.5. The van der Waals surface area contributed by atoms with E-state index in [-0.39, 0.29) is 23.4 Å². The van der Waals surface area contributed by atoms with E-state index in [9.17, 15) is 19.5 Å². The van der Waals surface area contributed by atoms with Gasteiger partial charge < -0.3 is 20.3 Å². The van der Waals surface area contributed by atoms with E-state index in [2.05, 4.69) is 15.2 Å². The molecule has 0 spiro atoms. The molecule has 0 atom stereocenters. The van der Waals surface area contributed by atoms with Crippen LogP contribution in [0.1, 0.15) is 69.2 Å². The smallest absolute Gasteiger partial charge is 0.335 e. The highest BCUT2D eigenvalue weighted by atomic mass is 35.5. The molecule has 0 unspecified atom stereocenters. The predicted molar refractivity (Wildman–Crippen MR) is 173 cm³/mol. The quantitative estimate of drug-likeness (QED) is 0.167. The van der Waals surface area contributed by atoms with Crippen LogP contribution in [0.2, 0.25) is 10.0 Å². The molecule has 0 saturated heterocycles. The van der Waals surface area contributed by atoms with E-state index in [0.29, 0.717) is 43.9 Å². The molecule has 0 aliphatic heterocycles. The molecule has 1 aliphatic rings. The number of fused-ring (bicyclic) bond motifs is 1. The Hall–Kier alpha value is -4.66. The summed E-state index contributed by atoms with van der Waals surface area (Å²) in [6, 6.07) is 23.9. The predicted octanol–water partition coefficient (Wildman–Crippen LogP) is 8.72. The van der Waals surface area contributed by atoms with Crippen LogP contribution >= 0.6 is 23.2 Å². The molecule has 4 aromatic carbocycles. The summed E-state index contributed by atoms with van der Waals surface area (Å²) in [6.45, 7) is 0. The van der Waals surface area contributed by atoms with Gasteiger partial charge >= 0.3 is 5.97 Å². The molecule has 222 valence electrons. The van der Waals surface area contributed by atoms with Crippen molar-refractivity contribution in [2.24, 2.45) is 0 Å². The van der Waals surface area contributed by atoms with E-state index >= 15 is 0 Å². The number of hydrogen-bond acceptors (Lipinski definition) is 4. The number of carboxylic acid groups (broad SMARTS) is 1. The topological polar surface area (TPSA) is 113 Å². The third kappa shape index (κ3) is 6.32. The summed E-state index contributed by atoms with van der Waals surface area (Å²) in [7, 11) is 0. The van der Waals surface area contributed by atoms with E-state index in [1.54, 1.807) is 54.6 Å². The largest absolute Gasteiger partial charge is 0.478 e. The Labute approximate surface area is 263 Å². The van der Waals surface area contributed by atoms with Crippen molar-refractivity contribution in [2.45, 2.75) is 38.1 Å². The average molecular weight is 628 g/mol. The molecule has 1 heterocycles. The maximum atomic E-state index is 13.4. The number of rotatable bonds is 7. The van der Waals surface area contributed by atoms with Crippen LogP contribution in [-0.4, -0.2) is 32.4 Å². The van der Waals surface area contributed by atoms with Crippen molar-refractivity contribution in [2.75, 3.05) is 10.6 Å². The number of amides is 2. The monoisotopic (exact) mass is 626 g/mol. The minimum absolute atomic E-state index is 0.181. The molecule has 2 amide bonds. The lowest BCUT2D eigenvalue weighted by Crippen LogP contribution is -2.15. The molecule has 1 fully saturated rings. The number of carbonyl (C=O) groups is 3. The molecule has 1 saturated carbocycles. The fraction of sp³-hybridized carbons (Fsp3) is 0.176. The second kappa shape index (κ2) is 12.5. The normalized spacial score (nSPS) is 13.5. The van der Waals surface area contributed by atoms with Crippen LogP contribution in [-0.2, 0) is 0 Å². The lowest BCUT2D eigenvalue weighted by Gasteiger charge is -2.25. The SMILES string of the molecule is O=C(O)c1ccc2c(c1)nc(-c1cccc(C(=O)Nc3cccc(NC(=O)c4cc(Cl)cc(Cl)c4)c3)c1)n2C1CCCCC1. The molecular formula is C34H28Cl2N4O4. The van der Waals surface area contributed by atoms with E-state index in [1.165, 1.54) is 18.6 Å². The fourth-order valence-electron chi connectivity index (χ4n) is 5.71. The van der Waals surface area contributed by atoms with Crippen LogP contribution in [0.15, 0.2) is 84.9 Å². The molecular weight excluding hydrogens is 599 g/mol. The van der Waals surface area contributed by atoms with Crippen molar-refractivity contribution in [3.63, 3.8) is 0 Å². The van der Waals surface area contributed by atoms with Crippen molar-refractivity contribution in [3.05, 3.63) is 112 Å². The van der Waals surface area contributed by atoms with Crippen molar-refractivity contribution < 1.29 is 19.5 Å². The molecule has 1 aromatic heterocycles. The summed E-state index contributed by atoms with van der Waals surface area (Å²) in [5.74, 6) is -1.01. The summed E-state index contributed by atoms with van der Waals surface area (Å²) < 4.78 is 2.20. The van der Waals surface area contributed by atoms with Crippen molar-refractivity contribution >= 4 is 63.4 Å². The number of aromatic carboxylic acids is 1. The van der Waals surface area contributed by atoms with Crippen molar-refractivity contribution in [1.29, 1.82) is 0 Å². The van der Waals surface area contributed by atoms with Gasteiger partial charge in [0.25, 0.3) is 11.8 Å². The Morgan fingerprint density at radius 3 is 2.07 bits per heavy atom. The minimum Gasteiger partial charge on any atom is -0.478 e. The van der Waals surface area contributed by atoms with Crippen LogP contribution in [0.25, 0.3) is 22.4 Å². The summed E-state index contributed by atoms with van der Waals surface area (Å²) >= 11 is 12.1. The molecule has 0 radical (unpaired) electrons. The number of halogens is 2. The molecule has 5 aromatic rings. The number of hydrogen-bond donors (Lipinski definition) is 3. The molecule has 8 nitrogen and oxygen atoms in total. The Bertz CT molecular complexity index is 1890. The van der Waals surface area contributed by atoms with Gasteiger partial charge in [-0.3, -0.25) is 9.59 Å². The van der Waals surface area contributed by atoms with Gasteiger partial charge in [-0.2, -0.15) is 0 Å². The van der Waals surface area contributed by atoms with E-state index < -0.39 is 5.97 Å². The molecule has 44 heavy (non-hydrogen) atoms. The zero-order valence-corrected chi connectivity index (χ0v) is 25.0. The van der Waals surface area contributed by atoms with Crippen LogP contribution in [0.5, 0.6) is 0 Å².